The second kappa shape index (κ2) is 7.91. The third-order valence-electron chi connectivity index (χ3n) is 5.98. The van der Waals surface area contributed by atoms with Gasteiger partial charge in [0.2, 0.25) is 18.5 Å². The molecule has 0 bridgehead atoms. The summed E-state index contributed by atoms with van der Waals surface area (Å²) in [6, 6.07) is 7.96. The number of benzene rings is 1. The summed E-state index contributed by atoms with van der Waals surface area (Å²) >= 11 is 0. The average Bonchev–Trinajstić information content (AvgIpc) is 3.27. The minimum atomic E-state index is 0.113. The molecule has 1 amide bonds. The van der Waals surface area contributed by atoms with Gasteiger partial charge in [-0.3, -0.25) is 9.59 Å². The maximum absolute atomic E-state index is 13.0. The Morgan fingerprint density at radius 1 is 1.07 bits per heavy atom. The van der Waals surface area contributed by atoms with E-state index in [1.165, 1.54) is 4.90 Å². The molecule has 2 aliphatic heterocycles. The molecule has 1 N–H and O–H groups in total. The van der Waals surface area contributed by atoms with Crippen molar-refractivity contribution >= 4 is 11.7 Å². The first-order valence-corrected chi connectivity index (χ1v) is 10.1. The molecule has 0 unspecified atom stereocenters. The molecular weight excluding hydrogens is 370 g/mol. The van der Waals surface area contributed by atoms with Crippen LogP contribution in [0.15, 0.2) is 24.3 Å². The van der Waals surface area contributed by atoms with Crippen LogP contribution in [0.4, 0.5) is 0 Å². The summed E-state index contributed by atoms with van der Waals surface area (Å²) in [5.74, 6) is 1.83. The van der Waals surface area contributed by atoms with E-state index in [0.29, 0.717) is 13.1 Å². The fraction of sp³-hybridized carbons (Fsp3) is 0.455. The number of aromatic nitrogens is 1. The average molecular weight is 398 g/mol. The number of nitrogens with one attached hydrogen (secondary N) is 1. The number of aryl methyl sites for hydroxylation is 1. The van der Waals surface area contributed by atoms with Crippen LogP contribution < -0.4 is 14.4 Å². The molecule has 7 heteroatoms. The van der Waals surface area contributed by atoms with E-state index < -0.39 is 0 Å². The Balaban J connectivity index is 1.44. The zero-order chi connectivity index (χ0) is 20.5. The molecule has 3 heterocycles. The second-order valence-electron chi connectivity index (χ2n) is 7.91. The quantitative estimate of drug-likeness (QED) is 0.758. The lowest BCUT2D eigenvalue weighted by atomic mass is 10.1. The minimum Gasteiger partial charge on any atom is -0.454 e. The van der Waals surface area contributed by atoms with Crippen LogP contribution in [0.5, 0.6) is 11.5 Å². The van der Waals surface area contributed by atoms with E-state index in [1.54, 1.807) is 6.92 Å². The van der Waals surface area contributed by atoms with Gasteiger partial charge in [0.15, 0.2) is 11.5 Å². The van der Waals surface area contributed by atoms with Gasteiger partial charge in [-0.25, -0.2) is 0 Å². The largest absolute Gasteiger partial charge is 0.454 e. The highest BCUT2D eigenvalue weighted by atomic mass is 16.7. The summed E-state index contributed by atoms with van der Waals surface area (Å²) < 4.78 is 13.0. The van der Waals surface area contributed by atoms with Crippen molar-refractivity contribution in [1.29, 1.82) is 0 Å². The van der Waals surface area contributed by atoms with Gasteiger partial charge in [0, 0.05) is 30.4 Å². The molecule has 1 saturated heterocycles. The Labute approximate surface area is 170 Å². The Kier molecular flexibility index (Phi) is 5.32. The van der Waals surface area contributed by atoms with E-state index >= 15 is 0 Å². The first-order chi connectivity index (χ1) is 13.9. The lowest BCUT2D eigenvalue weighted by Gasteiger charge is -2.31. The van der Waals surface area contributed by atoms with E-state index in [1.807, 2.05) is 43.0 Å². The number of nitrogens with zero attached hydrogens (tertiary/aromatic N) is 2. The zero-order valence-corrected chi connectivity index (χ0v) is 17.3. The first-order valence-electron chi connectivity index (χ1n) is 10.1. The van der Waals surface area contributed by atoms with Crippen molar-refractivity contribution in [2.75, 3.05) is 39.5 Å². The number of piperazine rings is 1. The molecule has 0 atom stereocenters. The van der Waals surface area contributed by atoms with Crippen LogP contribution in [0.1, 0.15) is 34.2 Å². The van der Waals surface area contributed by atoms with Crippen molar-refractivity contribution in [1.82, 2.24) is 9.47 Å². The van der Waals surface area contributed by atoms with Gasteiger partial charge >= 0.3 is 0 Å². The third-order valence-corrected chi connectivity index (χ3v) is 5.98. The number of carbonyl (C=O) groups is 2. The molecule has 0 spiro atoms. The summed E-state index contributed by atoms with van der Waals surface area (Å²) in [6.45, 7) is 10.2. The Morgan fingerprint density at radius 3 is 2.52 bits per heavy atom. The smallest absolute Gasteiger partial charge is 0.231 e. The SMILES string of the molecule is CC(=O)N1CC[NH+](CC(=O)c2cc(C)n(Cc3ccc4c(c3)OCO4)c2C)CC1. The van der Waals surface area contributed by atoms with Crippen molar-refractivity contribution in [2.45, 2.75) is 27.3 Å². The molecular formula is C22H28N3O4+. The molecule has 0 radical (unpaired) electrons. The predicted molar refractivity (Wildman–Crippen MR) is 108 cm³/mol. The highest BCUT2D eigenvalue weighted by molar-refractivity contribution is 5.98. The first kappa shape index (κ1) is 19.5. The van der Waals surface area contributed by atoms with Crippen LogP contribution in [-0.2, 0) is 11.3 Å². The topological polar surface area (TPSA) is 65.2 Å². The molecule has 29 heavy (non-hydrogen) atoms. The third kappa shape index (κ3) is 4.00. The van der Waals surface area contributed by atoms with Gasteiger partial charge in [0.05, 0.1) is 26.2 Å². The summed E-state index contributed by atoms with van der Waals surface area (Å²) in [5, 5.41) is 0. The zero-order valence-electron chi connectivity index (χ0n) is 17.3. The number of amides is 1. The highest BCUT2D eigenvalue weighted by Gasteiger charge is 2.25. The number of carbonyl (C=O) groups excluding carboxylic acids is 2. The number of hydrogen-bond acceptors (Lipinski definition) is 4. The molecule has 154 valence electrons. The fourth-order valence-electron chi connectivity index (χ4n) is 4.19. The maximum atomic E-state index is 13.0. The minimum absolute atomic E-state index is 0.113. The van der Waals surface area contributed by atoms with Crippen molar-refractivity contribution in [3.8, 4) is 11.5 Å². The normalized spacial score (nSPS) is 16.3. The Morgan fingerprint density at radius 2 is 1.79 bits per heavy atom. The van der Waals surface area contributed by atoms with E-state index in [-0.39, 0.29) is 18.5 Å². The molecule has 0 saturated carbocycles. The number of fused-ring (bicyclic) bond motifs is 1. The van der Waals surface area contributed by atoms with Gasteiger partial charge in [-0.05, 0) is 37.6 Å². The van der Waals surface area contributed by atoms with Crippen molar-refractivity contribution in [3.05, 3.63) is 46.8 Å². The Hall–Kier alpha value is -2.80. The van der Waals surface area contributed by atoms with Crippen molar-refractivity contribution in [3.63, 3.8) is 0 Å². The van der Waals surface area contributed by atoms with Crippen LogP contribution in [0.3, 0.4) is 0 Å². The van der Waals surface area contributed by atoms with Crippen LogP contribution in [-0.4, -0.2) is 60.7 Å². The van der Waals surface area contributed by atoms with E-state index in [9.17, 15) is 9.59 Å². The second-order valence-corrected chi connectivity index (χ2v) is 7.91. The monoisotopic (exact) mass is 398 g/mol. The van der Waals surface area contributed by atoms with Gasteiger partial charge in [0.25, 0.3) is 0 Å². The predicted octanol–water partition coefficient (Wildman–Crippen LogP) is 0.812. The number of Topliss-reactive ketones (excluding diaryl/α,β-unsaturated/α-hetero) is 1. The van der Waals surface area contributed by atoms with Crippen LogP contribution in [0, 0.1) is 13.8 Å². The molecule has 4 rings (SSSR count). The molecule has 1 aromatic carbocycles. The highest BCUT2D eigenvalue weighted by Crippen LogP contribution is 2.33. The van der Waals surface area contributed by atoms with E-state index in [4.69, 9.17) is 9.47 Å². The number of quaternary nitrogens is 1. The lowest BCUT2D eigenvalue weighted by molar-refractivity contribution is -0.895. The number of ether oxygens (including phenoxy) is 2. The summed E-state index contributed by atoms with van der Waals surface area (Å²) in [7, 11) is 0. The van der Waals surface area contributed by atoms with Gasteiger partial charge in [-0.1, -0.05) is 6.07 Å². The van der Waals surface area contributed by atoms with E-state index in [0.717, 1.165) is 60.2 Å². The molecule has 0 aliphatic carbocycles. The van der Waals surface area contributed by atoms with Gasteiger partial charge in [0.1, 0.15) is 6.54 Å². The molecule has 7 nitrogen and oxygen atoms in total. The molecule has 2 aromatic rings. The van der Waals surface area contributed by atoms with E-state index in [2.05, 4.69) is 4.57 Å². The summed E-state index contributed by atoms with van der Waals surface area (Å²) in [4.78, 5) is 27.5. The molecule has 2 aliphatic rings. The lowest BCUT2D eigenvalue weighted by Crippen LogP contribution is -3.15. The summed E-state index contributed by atoms with van der Waals surface area (Å²) in [5.41, 5.74) is 3.97. The molecule has 1 aromatic heterocycles. The molecule has 1 fully saturated rings. The van der Waals surface area contributed by atoms with Crippen LogP contribution >= 0.6 is 0 Å². The van der Waals surface area contributed by atoms with Gasteiger partial charge in [-0.15, -0.1) is 0 Å². The Bertz CT molecular complexity index is 942. The fourth-order valence-corrected chi connectivity index (χ4v) is 4.19. The van der Waals surface area contributed by atoms with Gasteiger partial charge in [-0.2, -0.15) is 0 Å². The number of hydrogen-bond donors (Lipinski definition) is 1. The number of rotatable bonds is 5. The van der Waals surface area contributed by atoms with Crippen LogP contribution in [0.2, 0.25) is 0 Å². The van der Waals surface area contributed by atoms with Gasteiger partial charge < -0.3 is 23.8 Å². The van der Waals surface area contributed by atoms with Crippen LogP contribution in [0.25, 0.3) is 0 Å². The maximum Gasteiger partial charge on any atom is 0.231 e. The van der Waals surface area contributed by atoms with Crippen molar-refractivity contribution in [2.24, 2.45) is 0 Å². The standard InChI is InChI=1S/C22H27N3O4/c1-15-10-19(20(27)13-23-6-8-24(9-7-23)17(3)26)16(2)25(15)12-18-4-5-21-22(11-18)29-14-28-21/h4-5,10-11H,6-9,12-14H2,1-3H3/p+1. The number of ketones is 1. The van der Waals surface area contributed by atoms with Crippen molar-refractivity contribution < 1.29 is 24.0 Å². The summed E-state index contributed by atoms with van der Waals surface area (Å²) in [6.07, 6.45) is 0.